The van der Waals surface area contributed by atoms with E-state index in [1.165, 1.54) is 12.1 Å². The second-order valence-electron chi connectivity index (χ2n) is 7.75. The molecule has 2 aromatic heterocycles. The molecule has 0 aliphatic carbocycles. The summed E-state index contributed by atoms with van der Waals surface area (Å²) in [5.41, 5.74) is 2.31. The first-order valence-electron chi connectivity index (χ1n) is 10.0. The predicted molar refractivity (Wildman–Crippen MR) is 105 cm³/mol. The van der Waals surface area contributed by atoms with Crippen molar-refractivity contribution in [2.75, 3.05) is 13.1 Å². The molecule has 0 saturated carbocycles. The normalized spacial score (nSPS) is 17.0. The average molecular weight is 430 g/mol. The largest absolute Gasteiger partial charge is 0.416 e. The number of nitrogens with zero attached hydrogens (tertiary/aromatic N) is 4. The van der Waals surface area contributed by atoms with Crippen LogP contribution in [0.4, 0.5) is 13.2 Å². The molecule has 9 heteroatoms. The summed E-state index contributed by atoms with van der Waals surface area (Å²) in [5.74, 6) is -0.120. The minimum Gasteiger partial charge on any atom is -0.336 e. The number of benzene rings is 1. The number of pyridine rings is 1. The number of halogens is 3. The Morgan fingerprint density at radius 1 is 1.19 bits per heavy atom. The highest BCUT2D eigenvalue weighted by Crippen LogP contribution is 2.30. The lowest BCUT2D eigenvalue weighted by Crippen LogP contribution is -2.39. The van der Waals surface area contributed by atoms with E-state index in [-0.39, 0.29) is 17.5 Å². The van der Waals surface area contributed by atoms with Gasteiger partial charge in [-0.2, -0.15) is 13.2 Å². The zero-order valence-electron chi connectivity index (χ0n) is 16.9. The minimum absolute atomic E-state index is 0.0838. The number of alkyl halides is 3. The van der Waals surface area contributed by atoms with Gasteiger partial charge >= 0.3 is 6.18 Å². The number of carbonyl (C=O) groups excluding carboxylic acids is 1. The topological polar surface area (TPSA) is 72.1 Å². The van der Waals surface area contributed by atoms with E-state index < -0.39 is 11.7 Å². The molecule has 3 heterocycles. The van der Waals surface area contributed by atoms with E-state index in [2.05, 4.69) is 19.9 Å². The van der Waals surface area contributed by atoms with Crippen molar-refractivity contribution in [3.8, 4) is 0 Å². The summed E-state index contributed by atoms with van der Waals surface area (Å²) in [6.45, 7) is 2.83. The molecular formula is C22H21F3N4O2. The lowest BCUT2D eigenvalue weighted by atomic mass is 9.93. The molecule has 6 nitrogen and oxygen atoms in total. The fourth-order valence-electron chi connectivity index (χ4n) is 3.85. The molecule has 1 aromatic carbocycles. The Morgan fingerprint density at radius 3 is 2.71 bits per heavy atom. The molecule has 162 valence electrons. The van der Waals surface area contributed by atoms with Crippen LogP contribution in [-0.4, -0.2) is 39.2 Å². The van der Waals surface area contributed by atoms with Gasteiger partial charge < -0.3 is 4.90 Å². The molecule has 1 fully saturated rings. The molecule has 0 bridgehead atoms. The summed E-state index contributed by atoms with van der Waals surface area (Å²) in [6, 6.07) is 9.10. The minimum atomic E-state index is -4.36. The number of hydrogen-bond acceptors (Lipinski definition) is 5. The number of aromatic nitrogens is 3. The molecule has 0 spiro atoms. The summed E-state index contributed by atoms with van der Waals surface area (Å²) >= 11 is 0. The van der Waals surface area contributed by atoms with Gasteiger partial charge in [0, 0.05) is 30.9 Å². The maximum atomic E-state index is 12.9. The van der Waals surface area contributed by atoms with Gasteiger partial charge in [-0.25, -0.2) is 4.63 Å². The summed E-state index contributed by atoms with van der Waals surface area (Å²) in [6.07, 6.45) is -0.551. The highest BCUT2D eigenvalue weighted by molar-refractivity contribution is 5.93. The van der Waals surface area contributed by atoms with Crippen molar-refractivity contribution < 1.29 is 22.6 Å². The highest BCUT2D eigenvalue weighted by Gasteiger charge is 2.31. The number of likely N-dealkylation sites (tertiary alicyclic amines) is 1. The van der Waals surface area contributed by atoms with Crippen LogP contribution in [0.1, 0.15) is 57.3 Å². The number of amides is 1. The Balaban J connectivity index is 1.43. The predicted octanol–water partition coefficient (Wildman–Crippen LogP) is 4.40. The molecule has 0 N–H and O–H groups in total. The van der Waals surface area contributed by atoms with Gasteiger partial charge in [-0.15, -0.1) is 0 Å². The molecule has 1 saturated heterocycles. The SMILES string of the molecule is Cc1nonc1C(=O)N1CCCC(c2ccc(Cc3cccc(C(F)(F)F)c3)cn2)C1. The second kappa shape index (κ2) is 8.49. The third-order valence-corrected chi connectivity index (χ3v) is 5.49. The van der Waals surface area contributed by atoms with Gasteiger partial charge in [0.25, 0.3) is 5.91 Å². The third kappa shape index (κ3) is 4.76. The van der Waals surface area contributed by atoms with Crippen LogP contribution in [0, 0.1) is 6.92 Å². The smallest absolute Gasteiger partial charge is 0.336 e. The number of rotatable bonds is 4. The van der Waals surface area contributed by atoms with Gasteiger partial charge in [0.1, 0.15) is 5.69 Å². The Kier molecular flexibility index (Phi) is 5.75. The number of hydrogen-bond donors (Lipinski definition) is 0. The first-order valence-corrected chi connectivity index (χ1v) is 10.0. The lowest BCUT2D eigenvalue weighted by Gasteiger charge is -2.32. The lowest BCUT2D eigenvalue weighted by molar-refractivity contribution is -0.137. The van der Waals surface area contributed by atoms with Crippen LogP contribution in [0.15, 0.2) is 47.2 Å². The van der Waals surface area contributed by atoms with Gasteiger partial charge in [0.2, 0.25) is 0 Å². The summed E-state index contributed by atoms with van der Waals surface area (Å²) in [5, 5.41) is 7.36. The highest BCUT2D eigenvalue weighted by atomic mass is 19.4. The van der Waals surface area contributed by atoms with Gasteiger partial charge in [-0.3, -0.25) is 9.78 Å². The van der Waals surface area contributed by atoms with Gasteiger partial charge in [-0.1, -0.05) is 29.4 Å². The fraction of sp³-hybridized carbons (Fsp3) is 0.364. The maximum Gasteiger partial charge on any atom is 0.416 e. The van der Waals surface area contributed by atoms with E-state index in [0.29, 0.717) is 30.8 Å². The van der Waals surface area contributed by atoms with Crippen LogP contribution in [-0.2, 0) is 12.6 Å². The molecule has 1 aliphatic heterocycles. The first kappa shape index (κ1) is 21.0. The Bertz CT molecular complexity index is 1060. The molecule has 0 radical (unpaired) electrons. The zero-order valence-corrected chi connectivity index (χ0v) is 16.9. The monoisotopic (exact) mass is 430 g/mol. The van der Waals surface area contributed by atoms with Crippen molar-refractivity contribution in [1.82, 2.24) is 20.2 Å². The van der Waals surface area contributed by atoms with E-state index in [1.54, 1.807) is 24.1 Å². The van der Waals surface area contributed by atoms with Crippen molar-refractivity contribution in [3.63, 3.8) is 0 Å². The molecule has 1 unspecified atom stereocenters. The van der Waals surface area contributed by atoms with Crippen molar-refractivity contribution in [2.45, 2.75) is 38.3 Å². The first-order chi connectivity index (χ1) is 14.8. The molecule has 4 rings (SSSR count). The van der Waals surface area contributed by atoms with Crippen LogP contribution in [0.5, 0.6) is 0 Å². The van der Waals surface area contributed by atoms with E-state index in [1.807, 2.05) is 12.1 Å². The Hall–Kier alpha value is -3.23. The summed E-state index contributed by atoms with van der Waals surface area (Å²) in [7, 11) is 0. The van der Waals surface area contributed by atoms with Crippen LogP contribution in [0.2, 0.25) is 0 Å². The van der Waals surface area contributed by atoms with Crippen molar-refractivity contribution >= 4 is 5.91 Å². The third-order valence-electron chi connectivity index (χ3n) is 5.49. The van der Waals surface area contributed by atoms with Crippen molar-refractivity contribution in [2.24, 2.45) is 0 Å². The van der Waals surface area contributed by atoms with E-state index in [0.717, 1.165) is 30.2 Å². The van der Waals surface area contributed by atoms with Gasteiger partial charge in [0.05, 0.1) is 5.56 Å². The second-order valence-corrected chi connectivity index (χ2v) is 7.75. The summed E-state index contributed by atoms with van der Waals surface area (Å²) < 4.78 is 43.4. The van der Waals surface area contributed by atoms with E-state index in [9.17, 15) is 18.0 Å². The number of carbonyl (C=O) groups is 1. The number of piperidine rings is 1. The van der Waals surface area contributed by atoms with Gasteiger partial charge in [0.15, 0.2) is 5.69 Å². The van der Waals surface area contributed by atoms with Crippen LogP contribution < -0.4 is 0 Å². The average Bonchev–Trinajstić information content (AvgIpc) is 3.19. The maximum absolute atomic E-state index is 12.9. The van der Waals surface area contributed by atoms with Gasteiger partial charge in [-0.05, 0) is 54.6 Å². The Morgan fingerprint density at radius 2 is 2.03 bits per heavy atom. The zero-order chi connectivity index (χ0) is 22.0. The van der Waals surface area contributed by atoms with Crippen LogP contribution >= 0.6 is 0 Å². The fourth-order valence-corrected chi connectivity index (χ4v) is 3.85. The molecule has 1 aliphatic rings. The van der Waals surface area contributed by atoms with Crippen molar-refractivity contribution in [1.29, 1.82) is 0 Å². The van der Waals surface area contributed by atoms with Crippen molar-refractivity contribution in [3.05, 3.63) is 76.4 Å². The van der Waals surface area contributed by atoms with Crippen LogP contribution in [0.25, 0.3) is 0 Å². The molecule has 3 aromatic rings. The molecule has 31 heavy (non-hydrogen) atoms. The molecule has 1 atom stereocenters. The van der Waals surface area contributed by atoms with E-state index in [4.69, 9.17) is 0 Å². The molecule has 1 amide bonds. The van der Waals surface area contributed by atoms with E-state index >= 15 is 0 Å². The standard InChI is InChI=1S/C22H21F3N4O2/c1-14-20(28-31-27-14)21(30)29-9-3-5-17(13-29)19-8-7-16(12-26-19)10-15-4-2-6-18(11-15)22(23,24)25/h2,4,6-8,11-12,17H,3,5,9-10,13H2,1H3. The quantitative estimate of drug-likeness (QED) is 0.613. The summed E-state index contributed by atoms with van der Waals surface area (Å²) in [4.78, 5) is 18.9. The Labute approximate surface area is 177 Å². The molecular weight excluding hydrogens is 409 g/mol. The number of aryl methyl sites for hydroxylation is 1. The van der Waals surface area contributed by atoms with Crippen LogP contribution in [0.3, 0.4) is 0 Å².